The standard InChI is InChI=1S/C14H14NOS2/c1-15-9-5-6-12(10-16)14(15)18-11-17-13-7-3-2-4-8-13/h2-10H,11H2,1H3/q+1. The van der Waals surface area contributed by atoms with E-state index in [0.29, 0.717) is 0 Å². The first-order valence-electron chi connectivity index (χ1n) is 5.56. The molecule has 18 heavy (non-hydrogen) atoms. The van der Waals surface area contributed by atoms with Gasteiger partial charge in [-0.1, -0.05) is 18.2 Å². The van der Waals surface area contributed by atoms with Crippen LogP contribution in [0.1, 0.15) is 10.4 Å². The molecular formula is C14H14NOS2+. The zero-order valence-corrected chi connectivity index (χ0v) is 11.7. The second kappa shape index (κ2) is 6.61. The average Bonchev–Trinajstić information content (AvgIpc) is 2.41. The van der Waals surface area contributed by atoms with E-state index < -0.39 is 0 Å². The molecule has 0 unspecified atom stereocenters. The fraction of sp³-hybridized carbons (Fsp3) is 0.143. The topological polar surface area (TPSA) is 20.9 Å². The summed E-state index contributed by atoms with van der Waals surface area (Å²) in [6.07, 6.45) is 2.87. The molecule has 0 saturated carbocycles. The highest BCUT2D eigenvalue weighted by atomic mass is 32.2. The van der Waals surface area contributed by atoms with E-state index in [-0.39, 0.29) is 0 Å². The van der Waals surface area contributed by atoms with E-state index in [1.165, 1.54) is 4.90 Å². The third kappa shape index (κ3) is 3.37. The summed E-state index contributed by atoms with van der Waals surface area (Å²) in [6.45, 7) is 0. The predicted molar refractivity (Wildman–Crippen MR) is 76.0 cm³/mol. The van der Waals surface area contributed by atoms with Crippen LogP contribution in [-0.4, -0.2) is 11.4 Å². The maximum atomic E-state index is 11.0. The van der Waals surface area contributed by atoms with Gasteiger partial charge >= 0.3 is 0 Å². The normalized spacial score (nSPS) is 10.3. The van der Waals surface area contributed by atoms with Gasteiger partial charge < -0.3 is 0 Å². The zero-order chi connectivity index (χ0) is 12.8. The minimum Gasteiger partial charge on any atom is -0.298 e. The molecule has 0 aliphatic carbocycles. The Morgan fingerprint density at radius 1 is 1.11 bits per heavy atom. The molecule has 0 bridgehead atoms. The molecule has 0 aliphatic heterocycles. The van der Waals surface area contributed by atoms with Gasteiger partial charge in [-0.05, 0) is 30.0 Å². The SMILES string of the molecule is C[n+]1cccc(C=O)c1SCSc1ccccc1. The van der Waals surface area contributed by atoms with Gasteiger partial charge in [0.1, 0.15) is 7.05 Å². The minimum absolute atomic E-state index is 0.749. The van der Waals surface area contributed by atoms with Crippen LogP contribution in [0.15, 0.2) is 58.6 Å². The van der Waals surface area contributed by atoms with Gasteiger partial charge in [-0.25, -0.2) is 0 Å². The number of carbonyl (C=O) groups excluding carboxylic acids is 1. The van der Waals surface area contributed by atoms with E-state index in [1.54, 1.807) is 23.5 Å². The molecule has 2 nitrogen and oxygen atoms in total. The van der Waals surface area contributed by atoms with Crippen molar-refractivity contribution in [3.8, 4) is 0 Å². The van der Waals surface area contributed by atoms with Crippen molar-refractivity contribution in [2.24, 2.45) is 7.05 Å². The lowest BCUT2D eigenvalue weighted by atomic mass is 10.3. The first-order valence-corrected chi connectivity index (χ1v) is 7.53. The molecule has 1 heterocycles. The lowest BCUT2D eigenvalue weighted by molar-refractivity contribution is -0.708. The molecule has 1 aromatic carbocycles. The first-order chi connectivity index (χ1) is 8.81. The minimum atomic E-state index is 0.749. The van der Waals surface area contributed by atoms with Crippen LogP contribution in [0.3, 0.4) is 0 Å². The Labute approximate surface area is 115 Å². The van der Waals surface area contributed by atoms with Gasteiger partial charge in [-0.3, -0.25) is 4.79 Å². The number of nitrogens with zero attached hydrogens (tertiary/aromatic N) is 1. The molecule has 2 rings (SSSR count). The van der Waals surface area contributed by atoms with Crippen molar-refractivity contribution < 1.29 is 9.36 Å². The van der Waals surface area contributed by atoms with Crippen LogP contribution in [-0.2, 0) is 7.05 Å². The number of benzene rings is 1. The predicted octanol–water partition coefficient (Wildman–Crippen LogP) is 3.17. The van der Waals surface area contributed by atoms with Gasteiger partial charge in [0.05, 0.1) is 10.6 Å². The molecule has 0 fully saturated rings. The summed E-state index contributed by atoms with van der Waals surface area (Å²) in [6, 6.07) is 14.0. The number of hydrogen-bond acceptors (Lipinski definition) is 3. The van der Waals surface area contributed by atoms with Crippen molar-refractivity contribution in [3.05, 3.63) is 54.2 Å². The van der Waals surface area contributed by atoms with E-state index in [4.69, 9.17) is 0 Å². The van der Waals surface area contributed by atoms with Gasteiger partial charge in [0.25, 0.3) is 5.03 Å². The Morgan fingerprint density at radius 2 is 1.89 bits per heavy atom. The van der Waals surface area contributed by atoms with Gasteiger partial charge in [-0.2, -0.15) is 4.57 Å². The number of rotatable bonds is 5. The second-order valence-corrected chi connectivity index (χ2v) is 6.10. The molecule has 1 aromatic heterocycles. The Morgan fingerprint density at radius 3 is 2.61 bits per heavy atom. The summed E-state index contributed by atoms with van der Waals surface area (Å²) >= 11 is 3.46. The van der Waals surface area contributed by atoms with Crippen molar-refractivity contribution in [1.82, 2.24) is 0 Å². The molecular weight excluding hydrogens is 262 g/mol. The number of pyridine rings is 1. The molecule has 0 N–H and O–H groups in total. The molecule has 0 atom stereocenters. The van der Waals surface area contributed by atoms with E-state index >= 15 is 0 Å². The highest BCUT2D eigenvalue weighted by Gasteiger charge is 2.12. The van der Waals surface area contributed by atoms with Crippen molar-refractivity contribution in [3.63, 3.8) is 0 Å². The van der Waals surface area contributed by atoms with Crippen LogP contribution in [0.25, 0.3) is 0 Å². The molecule has 0 spiro atoms. The van der Waals surface area contributed by atoms with Crippen LogP contribution in [0.2, 0.25) is 0 Å². The fourth-order valence-corrected chi connectivity index (χ4v) is 3.69. The molecule has 0 amide bonds. The summed E-state index contributed by atoms with van der Waals surface area (Å²) in [7, 11) is 1.96. The lowest BCUT2D eigenvalue weighted by Crippen LogP contribution is -2.31. The van der Waals surface area contributed by atoms with Crippen LogP contribution in [0.5, 0.6) is 0 Å². The van der Waals surface area contributed by atoms with Crippen LogP contribution in [0, 0.1) is 0 Å². The Kier molecular flexibility index (Phi) is 4.84. The number of carbonyl (C=O) groups is 1. The summed E-state index contributed by atoms with van der Waals surface area (Å²) in [5.74, 6) is 0. The van der Waals surface area contributed by atoms with E-state index in [9.17, 15) is 4.79 Å². The van der Waals surface area contributed by atoms with Crippen molar-refractivity contribution >= 4 is 29.8 Å². The molecule has 2 aromatic rings. The maximum Gasteiger partial charge on any atom is 0.251 e. The van der Waals surface area contributed by atoms with Crippen molar-refractivity contribution in [2.45, 2.75) is 9.92 Å². The largest absolute Gasteiger partial charge is 0.298 e. The lowest BCUT2D eigenvalue weighted by Gasteiger charge is -2.02. The molecule has 0 radical (unpaired) electrons. The van der Waals surface area contributed by atoms with Crippen LogP contribution < -0.4 is 4.57 Å². The third-order valence-corrected chi connectivity index (χ3v) is 4.79. The molecule has 92 valence electrons. The summed E-state index contributed by atoms with van der Waals surface area (Å²) in [4.78, 5) is 12.2. The smallest absolute Gasteiger partial charge is 0.251 e. The summed E-state index contributed by atoms with van der Waals surface area (Å²) < 4.78 is 1.99. The Bertz CT molecular complexity index is 529. The van der Waals surface area contributed by atoms with Gasteiger partial charge in [0.15, 0.2) is 12.5 Å². The van der Waals surface area contributed by atoms with Gasteiger partial charge in [-0.15, -0.1) is 11.8 Å². The third-order valence-electron chi connectivity index (χ3n) is 2.44. The average molecular weight is 276 g/mol. The second-order valence-electron chi connectivity index (χ2n) is 3.72. The summed E-state index contributed by atoms with van der Waals surface area (Å²) in [5, 5.41) is 1.90. The monoisotopic (exact) mass is 276 g/mol. The van der Waals surface area contributed by atoms with Gasteiger partial charge in [0, 0.05) is 11.0 Å². The number of thioether (sulfide) groups is 2. The molecule has 4 heteroatoms. The molecule has 0 aliphatic rings. The van der Waals surface area contributed by atoms with E-state index in [0.717, 1.165) is 22.0 Å². The van der Waals surface area contributed by atoms with Crippen LogP contribution in [0.4, 0.5) is 0 Å². The van der Waals surface area contributed by atoms with Crippen molar-refractivity contribution in [2.75, 3.05) is 5.08 Å². The zero-order valence-electron chi connectivity index (χ0n) is 10.1. The number of aldehydes is 1. The Hall–Kier alpha value is -1.26. The highest BCUT2D eigenvalue weighted by molar-refractivity contribution is 8.15. The van der Waals surface area contributed by atoms with Crippen LogP contribution >= 0.6 is 23.5 Å². The fourth-order valence-electron chi connectivity index (χ4n) is 1.56. The van der Waals surface area contributed by atoms with Crippen molar-refractivity contribution in [1.29, 1.82) is 0 Å². The number of aryl methyl sites for hydroxylation is 1. The molecule has 0 saturated heterocycles. The first kappa shape index (κ1) is 13.2. The number of aromatic nitrogens is 1. The Balaban J connectivity index is 2.00. The number of hydrogen-bond donors (Lipinski definition) is 0. The maximum absolute atomic E-state index is 11.0. The highest BCUT2D eigenvalue weighted by Crippen LogP contribution is 2.26. The van der Waals surface area contributed by atoms with E-state index in [2.05, 4.69) is 12.1 Å². The van der Waals surface area contributed by atoms with E-state index in [1.807, 2.05) is 48.1 Å². The van der Waals surface area contributed by atoms with Gasteiger partial charge in [0.2, 0.25) is 0 Å². The summed E-state index contributed by atoms with van der Waals surface area (Å²) in [5.41, 5.74) is 0.749. The quantitative estimate of drug-likeness (QED) is 0.362.